The van der Waals surface area contributed by atoms with Gasteiger partial charge >= 0.3 is 0 Å². The Morgan fingerprint density at radius 3 is 1.86 bits per heavy atom. The Labute approximate surface area is 52.1 Å². The van der Waals surface area contributed by atoms with Gasteiger partial charge in [0.1, 0.15) is 0 Å². The van der Waals surface area contributed by atoms with E-state index in [2.05, 4.69) is 0 Å². The van der Waals surface area contributed by atoms with Gasteiger partial charge in [-0.25, -0.2) is 0 Å². The minimum absolute atomic E-state index is 0.0586. The fourth-order valence-electron chi connectivity index (χ4n) is 1.04. The summed E-state index contributed by atoms with van der Waals surface area (Å²) in [6.45, 7) is 0. The molecule has 0 spiro atoms. The van der Waals surface area contributed by atoms with Crippen molar-refractivity contribution in [3.8, 4) is 0 Å². The number of alkyl halides is 1. The fourth-order valence-corrected chi connectivity index (χ4v) is 1.76. The summed E-state index contributed by atoms with van der Waals surface area (Å²) in [5, 5.41) is 0.925. The maximum absolute atomic E-state index is 5.83. The summed E-state index contributed by atoms with van der Waals surface area (Å²) in [5.74, 6) is 0. The molecule has 0 saturated heterocycles. The molecule has 0 unspecified atom stereocenters. The molecular formula is C5H4Cl2. The molecule has 7 heavy (non-hydrogen) atoms. The molecule has 0 heterocycles. The van der Waals surface area contributed by atoms with E-state index in [9.17, 15) is 0 Å². The highest BCUT2D eigenvalue weighted by Crippen LogP contribution is 2.62. The average Bonchev–Trinajstić information content (AvgIpc) is 1.62. The Morgan fingerprint density at radius 1 is 1.43 bits per heavy atom. The van der Waals surface area contributed by atoms with Gasteiger partial charge in [0, 0.05) is 5.03 Å². The number of halogens is 2. The molecule has 38 valence electrons. The van der Waals surface area contributed by atoms with Gasteiger partial charge in [0.05, 0.1) is 4.87 Å². The molecule has 0 aromatic carbocycles. The molecule has 0 atom stereocenters. The third kappa shape index (κ3) is 0.286. The fraction of sp³-hybridized carbons (Fsp3) is 0.600. The zero-order valence-corrected chi connectivity index (χ0v) is 5.18. The standard InChI is InChI=1S/C5H4Cl2/c6-4-3-1-5(4,7)2-3/h1-2H2. The summed E-state index contributed by atoms with van der Waals surface area (Å²) in [7, 11) is 0. The third-order valence-corrected chi connectivity index (χ3v) is 2.87. The van der Waals surface area contributed by atoms with E-state index >= 15 is 0 Å². The monoisotopic (exact) mass is 134 g/mol. The molecule has 0 N–H and O–H groups in total. The first-order chi connectivity index (χ1) is 3.22. The molecular weight excluding hydrogens is 131 g/mol. The predicted octanol–water partition coefficient (Wildman–Crippen LogP) is 2.26. The lowest BCUT2D eigenvalue weighted by molar-refractivity contribution is 0.451. The van der Waals surface area contributed by atoms with Gasteiger partial charge in [-0.2, -0.15) is 0 Å². The topological polar surface area (TPSA) is 0 Å². The number of hydrogen-bond acceptors (Lipinski definition) is 0. The van der Waals surface area contributed by atoms with Gasteiger partial charge in [-0.1, -0.05) is 11.6 Å². The molecule has 3 aliphatic carbocycles. The van der Waals surface area contributed by atoms with Crippen LogP contribution in [-0.4, -0.2) is 4.87 Å². The molecule has 2 bridgehead atoms. The van der Waals surface area contributed by atoms with Crippen LogP contribution in [0.2, 0.25) is 0 Å². The minimum Gasteiger partial charge on any atom is -0.112 e. The van der Waals surface area contributed by atoms with Crippen LogP contribution in [0.4, 0.5) is 0 Å². The van der Waals surface area contributed by atoms with Gasteiger partial charge in [-0.05, 0) is 18.4 Å². The van der Waals surface area contributed by atoms with Crippen LogP contribution < -0.4 is 0 Å². The van der Waals surface area contributed by atoms with E-state index in [0.29, 0.717) is 0 Å². The average molecular weight is 135 g/mol. The van der Waals surface area contributed by atoms with Crippen LogP contribution in [0.5, 0.6) is 0 Å². The van der Waals surface area contributed by atoms with Gasteiger partial charge in [-0.15, -0.1) is 11.6 Å². The molecule has 0 aromatic heterocycles. The van der Waals surface area contributed by atoms with E-state index < -0.39 is 0 Å². The predicted molar refractivity (Wildman–Crippen MR) is 30.7 cm³/mol. The van der Waals surface area contributed by atoms with Crippen molar-refractivity contribution in [3.05, 3.63) is 10.6 Å². The lowest BCUT2D eigenvalue weighted by Gasteiger charge is -2.50. The van der Waals surface area contributed by atoms with E-state index in [-0.39, 0.29) is 4.87 Å². The third-order valence-electron chi connectivity index (χ3n) is 1.69. The van der Waals surface area contributed by atoms with Crippen molar-refractivity contribution in [3.63, 3.8) is 0 Å². The number of hydrogen-bond donors (Lipinski definition) is 0. The molecule has 0 nitrogen and oxygen atoms in total. The largest absolute Gasteiger partial charge is 0.112 e. The maximum Gasteiger partial charge on any atom is 0.0875 e. The normalized spacial score (nSPS) is 31.7. The highest BCUT2D eigenvalue weighted by molar-refractivity contribution is 6.43. The smallest absolute Gasteiger partial charge is 0.0875 e. The Balaban J connectivity index is 2.46. The first-order valence-corrected chi connectivity index (χ1v) is 3.05. The maximum atomic E-state index is 5.83. The zero-order valence-electron chi connectivity index (χ0n) is 3.67. The molecule has 0 aliphatic heterocycles. The van der Waals surface area contributed by atoms with Crippen LogP contribution in [0, 0.1) is 0 Å². The zero-order chi connectivity index (χ0) is 5.07. The number of allylic oxidation sites excluding steroid dienone is 2. The van der Waals surface area contributed by atoms with E-state index in [1.54, 1.807) is 0 Å². The van der Waals surface area contributed by atoms with Gasteiger partial charge in [0.25, 0.3) is 0 Å². The summed E-state index contributed by atoms with van der Waals surface area (Å²) < 4.78 is 0. The Morgan fingerprint density at radius 2 is 1.86 bits per heavy atom. The molecule has 1 saturated carbocycles. The van der Waals surface area contributed by atoms with Crippen molar-refractivity contribution < 1.29 is 0 Å². The van der Waals surface area contributed by atoms with E-state index in [1.807, 2.05) is 0 Å². The van der Waals surface area contributed by atoms with Crippen molar-refractivity contribution in [2.24, 2.45) is 0 Å². The van der Waals surface area contributed by atoms with Crippen molar-refractivity contribution in [2.45, 2.75) is 17.7 Å². The van der Waals surface area contributed by atoms with Gasteiger partial charge in [-0.3, -0.25) is 0 Å². The van der Waals surface area contributed by atoms with Gasteiger partial charge in [0.2, 0.25) is 0 Å². The van der Waals surface area contributed by atoms with Gasteiger partial charge in [0.15, 0.2) is 0 Å². The summed E-state index contributed by atoms with van der Waals surface area (Å²) >= 11 is 11.5. The highest BCUT2D eigenvalue weighted by atomic mass is 35.5. The molecule has 1 fully saturated rings. The number of rotatable bonds is 0. The molecule has 0 aromatic rings. The molecule has 0 amide bonds. The van der Waals surface area contributed by atoms with E-state index in [4.69, 9.17) is 23.2 Å². The Kier molecular flexibility index (Phi) is 0.526. The van der Waals surface area contributed by atoms with Crippen LogP contribution in [0.15, 0.2) is 10.6 Å². The van der Waals surface area contributed by atoms with Crippen LogP contribution in [0.1, 0.15) is 12.8 Å². The van der Waals surface area contributed by atoms with E-state index in [0.717, 1.165) is 17.9 Å². The van der Waals surface area contributed by atoms with Gasteiger partial charge < -0.3 is 0 Å². The molecule has 3 rings (SSSR count). The van der Waals surface area contributed by atoms with Crippen LogP contribution in [0.3, 0.4) is 0 Å². The quantitative estimate of drug-likeness (QED) is 0.447. The highest BCUT2D eigenvalue weighted by Gasteiger charge is 2.54. The van der Waals surface area contributed by atoms with Crippen LogP contribution >= 0.6 is 23.2 Å². The SMILES string of the molecule is ClC1=C2CC1(Cl)C2. The summed E-state index contributed by atoms with van der Waals surface area (Å²) in [5.41, 5.74) is 1.37. The Hall–Kier alpha value is 0.320. The van der Waals surface area contributed by atoms with Crippen LogP contribution in [-0.2, 0) is 0 Å². The van der Waals surface area contributed by atoms with Crippen LogP contribution in [0.25, 0.3) is 0 Å². The lowest BCUT2D eigenvalue weighted by Crippen LogP contribution is -2.45. The van der Waals surface area contributed by atoms with Crippen molar-refractivity contribution >= 4 is 23.2 Å². The van der Waals surface area contributed by atoms with Crippen molar-refractivity contribution in [2.75, 3.05) is 0 Å². The van der Waals surface area contributed by atoms with Crippen molar-refractivity contribution in [1.82, 2.24) is 0 Å². The molecule has 2 heteroatoms. The second-order valence-corrected chi connectivity index (χ2v) is 3.34. The molecule has 0 radical (unpaired) electrons. The lowest BCUT2D eigenvalue weighted by atomic mass is 9.66. The van der Waals surface area contributed by atoms with Crippen molar-refractivity contribution in [1.29, 1.82) is 0 Å². The second kappa shape index (κ2) is 0.872. The minimum atomic E-state index is -0.0586. The second-order valence-electron chi connectivity index (χ2n) is 2.24. The van der Waals surface area contributed by atoms with E-state index in [1.165, 1.54) is 5.57 Å². The first-order valence-electron chi connectivity index (χ1n) is 2.29. The molecule has 3 aliphatic rings. The Bertz CT molecular complexity index is 149. The first kappa shape index (κ1) is 4.22. The summed E-state index contributed by atoms with van der Waals surface area (Å²) in [6.07, 6.45) is 2.10. The summed E-state index contributed by atoms with van der Waals surface area (Å²) in [4.78, 5) is -0.0586. The summed E-state index contributed by atoms with van der Waals surface area (Å²) in [6, 6.07) is 0.